The SMILES string of the molecule is CC.COC(=O)c1ccc(O)c(Br)c1.OCC1CCC1. The molecule has 1 saturated carbocycles. The lowest BCUT2D eigenvalue weighted by molar-refractivity contribution is 0.0600. The molecule has 20 heavy (non-hydrogen) atoms. The highest BCUT2D eigenvalue weighted by molar-refractivity contribution is 9.10. The van der Waals surface area contributed by atoms with Gasteiger partial charge in [0.1, 0.15) is 5.75 Å². The molecule has 114 valence electrons. The number of phenolic OH excluding ortho intramolecular Hbond substituents is 1. The fraction of sp³-hybridized carbons (Fsp3) is 0.533. The predicted octanol–water partition coefficient (Wildman–Crippen LogP) is 3.75. The second-order valence-corrected chi connectivity index (χ2v) is 4.99. The first-order chi connectivity index (χ1) is 9.58. The Morgan fingerprint density at radius 3 is 2.30 bits per heavy atom. The molecule has 5 heteroatoms. The Kier molecular flexibility index (Phi) is 10.1. The summed E-state index contributed by atoms with van der Waals surface area (Å²) in [5.74, 6) is 0.350. The molecule has 0 heterocycles. The van der Waals surface area contributed by atoms with Crippen LogP contribution in [0.15, 0.2) is 22.7 Å². The molecule has 1 fully saturated rings. The molecule has 0 bridgehead atoms. The van der Waals surface area contributed by atoms with Gasteiger partial charge in [0.25, 0.3) is 0 Å². The van der Waals surface area contributed by atoms with Crippen LogP contribution in [0.2, 0.25) is 0 Å². The normalized spacial score (nSPS) is 13.1. The van der Waals surface area contributed by atoms with E-state index in [1.54, 1.807) is 0 Å². The van der Waals surface area contributed by atoms with E-state index in [0.29, 0.717) is 22.6 Å². The summed E-state index contributed by atoms with van der Waals surface area (Å²) in [5.41, 5.74) is 0.405. The van der Waals surface area contributed by atoms with Crippen molar-refractivity contribution in [1.29, 1.82) is 0 Å². The molecule has 1 aliphatic carbocycles. The van der Waals surface area contributed by atoms with Crippen LogP contribution in [0.5, 0.6) is 5.75 Å². The van der Waals surface area contributed by atoms with Gasteiger partial charge in [0, 0.05) is 6.61 Å². The molecule has 2 N–H and O–H groups in total. The van der Waals surface area contributed by atoms with E-state index in [2.05, 4.69) is 20.7 Å². The number of carbonyl (C=O) groups is 1. The molecule has 0 atom stereocenters. The Morgan fingerprint density at radius 2 is 2.00 bits per heavy atom. The van der Waals surface area contributed by atoms with Crippen LogP contribution in [0.4, 0.5) is 0 Å². The Morgan fingerprint density at radius 1 is 1.40 bits per heavy atom. The molecule has 0 aliphatic heterocycles. The Bertz CT molecular complexity index is 400. The smallest absolute Gasteiger partial charge is 0.337 e. The van der Waals surface area contributed by atoms with Crippen LogP contribution >= 0.6 is 15.9 Å². The third-order valence-corrected chi connectivity index (χ3v) is 3.49. The number of halogens is 1. The number of methoxy groups -OCH3 is 1. The summed E-state index contributed by atoms with van der Waals surface area (Å²) in [6, 6.07) is 4.42. The van der Waals surface area contributed by atoms with Crippen LogP contribution in [-0.2, 0) is 4.74 Å². The van der Waals surface area contributed by atoms with Crippen LogP contribution in [-0.4, -0.2) is 29.9 Å². The predicted molar refractivity (Wildman–Crippen MR) is 82.9 cm³/mol. The molecule has 2 rings (SSSR count). The van der Waals surface area contributed by atoms with Crippen molar-refractivity contribution in [2.75, 3.05) is 13.7 Å². The van der Waals surface area contributed by atoms with E-state index in [9.17, 15) is 4.79 Å². The lowest BCUT2D eigenvalue weighted by Gasteiger charge is -2.21. The summed E-state index contributed by atoms with van der Waals surface area (Å²) >= 11 is 3.09. The topological polar surface area (TPSA) is 66.8 Å². The number of ether oxygens (including phenoxy) is 1. The Balaban J connectivity index is 0.000000377. The number of aliphatic hydroxyl groups is 1. The molecular formula is C15H23BrO4. The minimum Gasteiger partial charge on any atom is -0.507 e. The second-order valence-electron chi connectivity index (χ2n) is 4.14. The summed E-state index contributed by atoms with van der Waals surface area (Å²) in [5, 5.41) is 17.5. The number of carbonyl (C=O) groups excluding carboxylic acids is 1. The number of hydrogen-bond acceptors (Lipinski definition) is 4. The fourth-order valence-corrected chi connectivity index (χ4v) is 1.81. The maximum Gasteiger partial charge on any atom is 0.337 e. The molecule has 0 unspecified atom stereocenters. The molecule has 1 aromatic carbocycles. The van der Waals surface area contributed by atoms with E-state index < -0.39 is 5.97 Å². The van der Waals surface area contributed by atoms with Crippen LogP contribution in [0.25, 0.3) is 0 Å². The van der Waals surface area contributed by atoms with Gasteiger partial charge in [0.2, 0.25) is 0 Å². The van der Waals surface area contributed by atoms with Crippen molar-refractivity contribution in [3.63, 3.8) is 0 Å². The summed E-state index contributed by atoms with van der Waals surface area (Å²) in [6.45, 7) is 4.42. The number of benzene rings is 1. The van der Waals surface area contributed by atoms with Crippen molar-refractivity contribution in [2.24, 2.45) is 5.92 Å². The summed E-state index contributed by atoms with van der Waals surface area (Å²) in [7, 11) is 1.31. The molecular weight excluding hydrogens is 324 g/mol. The second kappa shape index (κ2) is 10.7. The minimum atomic E-state index is -0.421. The van der Waals surface area contributed by atoms with Gasteiger partial charge in [0.05, 0.1) is 17.1 Å². The van der Waals surface area contributed by atoms with Crippen LogP contribution in [0.3, 0.4) is 0 Å². The van der Waals surface area contributed by atoms with E-state index >= 15 is 0 Å². The summed E-state index contributed by atoms with van der Waals surface area (Å²) < 4.78 is 4.97. The van der Waals surface area contributed by atoms with E-state index in [1.165, 1.54) is 44.6 Å². The lowest BCUT2D eigenvalue weighted by atomic mass is 9.86. The average Bonchev–Trinajstić information content (AvgIpc) is 2.43. The molecule has 0 radical (unpaired) electrons. The van der Waals surface area contributed by atoms with Crippen molar-refractivity contribution < 1.29 is 19.7 Å². The molecule has 1 aromatic rings. The first-order valence-corrected chi connectivity index (χ1v) is 7.55. The van der Waals surface area contributed by atoms with E-state index in [0.717, 1.165) is 0 Å². The maximum atomic E-state index is 11.0. The van der Waals surface area contributed by atoms with Gasteiger partial charge in [-0.2, -0.15) is 0 Å². The number of phenols is 1. The zero-order chi connectivity index (χ0) is 15.5. The van der Waals surface area contributed by atoms with Gasteiger partial charge in [0.15, 0.2) is 0 Å². The number of rotatable bonds is 2. The van der Waals surface area contributed by atoms with E-state index in [-0.39, 0.29) is 5.75 Å². The van der Waals surface area contributed by atoms with Gasteiger partial charge in [-0.15, -0.1) is 0 Å². The average molecular weight is 347 g/mol. The molecule has 0 aromatic heterocycles. The minimum absolute atomic E-state index is 0.0997. The monoisotopic (exact) mass is 346 g/mol. The number of aromatic hydroxyl groups is 1. The van der Waals surface area contributed by atoms with Crippen molar-refractivity contribution in [1.82, 2.24) is 0 Å². The lowest BCUT2D eigenvalue weighted by Crippen LogP contribution is -2.14. The van der Waals surface area contributed by atoms with Crippen molar-refractivity contribution >= 4 is 21.9 Å². The molecule has 1 aliphatic rings. The van der Waals surface area contributed by atoms with Crippen LogP contribution in [0.1, 0.15) is 43.5 Å². The maximum absolute atomic E-state index is 11.0. The highest BCUT2D eigenvalue weighted by Gasteiger charge is 2.14. The zero-order valence-corrected chi connectivity index (χ0v) is 13.8. The number of esters is 1. The molecule has 0 amide bonds. The standard InChI is InChI=1S/C8H7BrO3.C5H10O.C2H6/c1-12-8(11)5-2-3-7(10)6(9)4-5;6-4-5-2-1-3-5;1-2/h2-4,10H,1H3;5-6H,1-4H2;1-2H3. The molecule has 0 spiro atoms. The summed E-state index contributed by atoms with van der Waals surface area (Å²) in [6.07, 6.45) is 3.86. The highest BCUT2D eigenvalue weighted by atomic mass is 79.9. The van der Waals surface area contributed by atoms with Crippen molar-refractivity contribution in [3.8, 4) is 5.75 Å². The fourth-order valence-electron chi connectivity index (χ4n) is 1.43. The van der Waals surface area contributed by atoms with Gasteiger partial charge in [-0.3, -0.25) is 0 Å². The Labute approximate surface area is 128 Å². The quantitative estimate of drug-likeness (QED) is 0.800. The zero-order valence-electron chi connectivity index (χ0n) is 12.2. The first kappa shape index (κ1) is 18.9. The van der Waals surface area contributed by atoms with Gasteiger partial charge >= 0.3 is 5.97 Å². The van der Waals surface area contributed by atoms with Crippen molar-refractivity contribution in [2.45, 2.75) is 33.1 Å². The molecule has 4 nitrogen and oxygen atoms in total. The number of hydrogen-bond donors (Lipinski definition) is 2. The van der Waals surface area contributed by atoms with Crippen LogP contribution < -0.4 is 0 Å². The van der Waals surface area contributed by atoms with E-state index in [4.69, 9.17) is 10.2 Å². The first-order valence-electron chi connectivity index (χ1n) is 6.76. The van der Waals surface area contributed by atoms with Gasteiger partial charge in [-0.25, -0.2) is 4.79 Å². The van der Waals surface area contributed by atoms with Gasteiger partial charge in [-0.05, 0) is 52.9 Å². The number of aliphatic hydroxyl groups excluding tert-OH is 1. The van der Waals surface area contributed by atoms with E-state index in [1.807, 2.05) is 13.8 Å². The highest BCUT2D eigenvalue weighted by Crippen LogP contribution is 2.25. The van der Waals surface area contributed by atoms with Gasteiger partial charge < -0.3 is 14.9 Å². The summed E-state index contributed by atoms with van der Waals surface area (Å²) in [4.78, 5) is 11.0. The Hall–Kier alpha value is -1.07. The molecule has 0 saturated heterocycles. The van der Waals surface area contributed by atoms with Crippen LogP contribution in [0, 0.1) is 5.92 Å². The third-order valence-electron chi connectivity index (χ3n) is 2.85. The third kappa shape index (κ3) is 6.39. The largest absolute Gasteiger partial charge is 0.507 e. The van der Waals surface area contributed by atoms with Gasteiger partial charge in [-0.1, -0.05) is 20.3 Å². The van der Waals surface area contributed by atoms with Crippen molar-refractivity contribution in [3.05, 3.63) is 28.2 Å².